The number of benzene rings is 1. The van der Waals surface area contributed by atoms with Crippen molar-refractivity contribution >= 4 is 11.8 Å². The van der Waals surface area contributed by atoms with Gasteiger partial charge in [0, 0.05) is 48.2 Å². The van der Waals surface area contributed by atoms with E-state index in [2.05, 4.69) is 4.90 Å². The monoisotopic (exact) mass is 371 g/mol. The number of nitrogens with zero attached hydrogens (tertiary/aromatic N) is 1. The van der Waals surface area contributed by atoms with Gasteiger partial charge in [-0.05, 0) is 37.9 Å². The number of ether oxygens (including phenoxy) is 1. The van der Waals surface area contributed by atoms with Gasteiger partial charge in [0.1, 0.15) is 5.78 Å². The second-order valence-electron chi connectivity index (χ2n) is 8.93. The Labute approximate surface area is 158 Å². The molecule has 0 radical (unpaired) electrons. The number of fused-ring (bicyclic) bond motifs is 2. The van der Waals surface area contributed by atoms with Crippen molar-refractivity contribution in [1.29, 1.82) is 0 Å². The van der Waals surface area contributed by atoms with Crippen LogP contribution in [0.3, 0.4) is 0 Å². The second-order valence-corrected chi connectivity index (χ2v) is 8.93. The van der Waals surface area contributed by atoms with E-state index in [-0.39, 0.29) is 47.6 Å². The first-order chi connectivity index (χ1) is 12.8. The lowest BCUT2D eigenvalue weighted by Crippen LogP contribution is -2.73. The van der Waals surface area contributed by atoms with Crippen LogP contribution in [0.5, 0.6) is 11.5 Å². The van der Waals surface area contributed by atoms with Gasteiger partial charge in [-0.1, -0.05) is 13.0 Å². The number of hydrogen-bond acceptors (Lipinski definition) is 6. The smallest absolute Gasteiger partial charge is 0.311 e. The molecule has 6 heteroatoms. The molecule has 1 aromatic rings. The number of likely N-dealkylation sites (tertiary alicyclic amines) is 1. The van der Waals surface area contributed by atoms with Crippen molar-refractivity contribution in [1.82, 2.24) is 4.90 Å². The zero-order valence-electron chi connectivity index (χ0n) is 15.7. The number of carbonyl (C=O) groups excluding carboxylic acids is 2. The Morgan fingerprint density at radius 2 is 2.19 bits per heavy atom. The highest BCUT2D eigenvalue weighted by atomic mass is 16.5. The molecule has 4 aliphatic rings. The fraction of sp³-hybridized carbons (Fsp3) is 0.619. The van der Waals surface area contributed by atoms with Crippen molar-refractivity contribution in [2.24, 2.45) is 0 Å². The van der Waals surface area contributed by atoms with Crippen molar-refractivity contribution in [3.63, 3.8) is 0 Å². The lowest BCUT2D eigenvalue weighted by atomic mass is 9.55. The first kappa shape index (κ1) is 17.2. The van der Waals surface area contributed by atoms with Gasteiger partial charge in [0.05, 0.1) is 5.60 Å². The molecule has 6 nitrogen and oxygen atoms in total. The summed E-state index contributed by atoms with van der Waals surface area (Å²) in [7, 11) is 2.01. The van der Waals surface area contributed by atoms with Gasteiger partial charge in [0.25, 0.3) is 0 Å². The third-order valence-corrected chi connectivity index (χ3v) is 7.51. The van der Waals surface area contributed by atoms with E-state index in [1.807, 2.05) is 20.0 Å². The summed E-state index contributed by atoms with van der Waals surface area (Å²) < 4.78 is 5.39. The van der Waals surface area contributed by atoms with E-state index in [1.165, 1.54) is 0 Å². The van der Waals surface area contributed by atoms with Gasteiger partial charge >= 0.3 is 5.97 Å². The predicted molar refractivity (Wildman–Crippen MR) is 96.8 cm³/mol. The maximum absolute atomic E-state index is 12.4. The minimum atomic E-state index is -1.04. The van der Waals surface area contributed by atoms with Crippen LogP contribution in [-0.4, -0.2) is 52.1 Å². The molecule has 1 saturated heterocycles. The number of rotatable bonds is 3. The molecule has 1 heterocycles. The summed E-state index contributed by atoms with van der Waals surface area (Å²) in [5, 5.41) is 22.8. The van der Waals surface area contributed by atoms with E-state index in [4.69, 9.17) is 4.74 Å². The van der Waals surface area contributed by atoms with E-state index >= 15 is 0 Å². The Hall–Kier alpha value is -1.92. The van der Waals surface area contributed by atoms with Gasteiger partial charge in [0.15, 0.2) is 11.5 Å². The zero-order valence-corrected chi connectivity index (χ0v) is 15.7. The largest absolute Gasteiger partial charge is 0.504 e. The van der Waals surface area contributed by atoms with Gasteiger partial charge in [-0.15, -0.1) is 0 Å². The molecule has 1 aromatic carbocycles. The summed E-state index contributed by atoms with van der Waals surface area (Å²) in [5.41, 5.74) is -0.399. The third-order valence-electron chi connectivity index (χ3n) is 7.51. The summed E-state index contributed by atoms with van der Waals surface area (Å²) in [6, 6.07) is 3.56. The van der Waals surface area contributed by atoms with E-state index in [0.717, 1.165) is 12.1 Å². The molecule has 0 aromatic heterocycles. The van der Waals surface area contributed by atoms with Gasteiger partial charge < -0.3 is 14.9 Å². The van der Waals surface area contributed by atoms with Crippen LogP contribution in [0, 0.1) is 0 Å². The fourth-order valence-corrected chi connectivity index (χ4v) is 6.86. The lowest BCUT2D eigenvalue weighted by Gasteiger charge is -2.61. The number of aliphatic hydroxyl groups is 1. The van der Waals surface area contributed by atoms with Crippen molar-refractivity contribution in [2.75, 3.05) is 13.6 Å². The van der Waals surface area contributed by atoms with Crippen LogP contribution in [0.1, 0.15) is 56.6 Å². The quantitative estimate of drug-likeness (QED) is 0.622. The van der Waals surface area contributed by atoms with Crippen LogP contribution in [0.25, 0.3) is 0 Å². The minimum Gasteiger partial charge on any atom is -0.504 e. The summed E-state index contributed by atoms with van der Waals surface area (Å²) >= 11 is 0. The Morgan fingerprint density at radius 3 is 2.89 bits per heavy atom. The van der Waals surface area contributed by atoms with Gasteiger partial charge in [-0.3, -0.25) is 14.5 Å². The SMILES string of the molecule is CCCC(=O)Oc1ccc2c(c1O)C13CC(=O)CCC1(O)C1N(C)CC21C3. The molecular weight excluding hydrogens is 346 g/mol. The number of likely N-dealkylation sites (N-methyl/N-ethyl adjacent to an activating group) is 1. The molecule has 2 saturated carbocycles. The summed E-state index contributed by atoms with van der Waals surface area (Å²) in [5.74, 6) is -0.202. The summed E-state index contributed by atoms with van der Waals surface area (Å²) in [6.07, 6.45) is 2.65. The van der Waals surface area contributed by atoms with Crippen LogP contribution in [-0.2, 0) is 20.4 Å². The Bertz CT molecular complexity index is 882. The molecule has 144 valence electrons. The van der Waals surface area contributed by atoms with Gasteiger partial charge in [-0.2, -0.15) is 0 Å². The van der Waals surface area contributed by atoms with E-state index < -0.39 is 11.0 Å². The van der Waals surface area contributed by atoms with Gasteiger partial charge in [0.2, 0.25) is 0 Å². The topological polar surface area (TPSA) is 87.1 Å². The van der Waals surface area contributed by atoms with E-state index in [0.29, 0.717) is 31.2 Å². The van der Waals surface area contributed by atoms with Crippen LogP contribution < -0.4 is 4.74 Å². The van der Waals surface area contributed by atoms with Crippen LogP contribution in [0.4, 0.5) is 0 Å². The number of Topliss-reactive ketones (excluding diaryl/α,β-unsaturated/α-hetero) is 1. The normalized spacial score (nSPS) is 38.8. The van der Waals surface area contributed by atoms with E-state index in [9.17, 15) is 19.8 Å². The highest BCUT2D eigenvalue weighted by molar-refractivity contribution is 5.85. The standard InChI is InChI=1S/C21H25NO5/c1-3-4-15(24)27-14-6-5-13-16(17(14)25)20-9-12(23)7-8-21(20,26)18-19(13,10-20)11-22(18)2/h5-6,18,25-26H,3-4,7-11H2,1-2H3. The Morgan fingerprint density at radius 1 is 1.41 bits per heavy atom. The molecule has 27 heavy (non-hydrogen) atoms. The first-order valence-electron chi connectivity index (χ1n) is 9.81. The maximum atomic E-state index is 12.4. The van der Waals surface area contributed by atoms with Crippen molar-refractivity contribution in [3.05, 3.63) is 23.3 Å². The number of aromatic hydroxyl groups is 1. The Kier molecular flexibility index (Phi) is 3.26. The molecule has 4 unspecified atom stereocenters. The first-order valence-corrected chi connectivity index (χ1v) is 9.81. The average molecular weight is 371 g/mol. The van der Waals surface area contributed by atoms with Crippen LogP contribution in [0.2, 0.25) is 0 Å². The number of phenols is 1. The molecular formula is C21H25NO5. The van der Waals surface area contributed by atoms with Crippen LogP contribution >= 0.6 is 0 Å². The average Bonchev–Trinajstić information content (AvgIpc) is 2.97. The highest BCUT2D eigenvalue weighted by Gasteiger charge is 2.81. The lowest BCUT2D eigenvalue weighted by molar-refractivity contribution is -0.152. The molecule has 5 rings (SSSR count). The predicted octanol–water partition coefficient (Wildman–Crippen LogP) is 1.79. The summed E-state index contributed by atoms with van der Waals surface area (Å²) in [6.45, 7) is 2.69. The molecule has 3 aliphatic carbocycles. The van der Waals surface area contributed by atoms with Crippen molar-refractivity contribution in [3.8, 4) is 11.5 Å². The maximum Gasteiger partial charge on any atom is 0.311 e. The number of hydrogen-bond donors (Lipinski definition) is 2. The van der Waals surface area contributed by atoms with Gasteiger partial charge in [-0.25, -0.2) is 0 Å². The molecule has 3 fully saturated rings. The number of esters is 1. The van der Waals surface area contributed by atoms with Crippen molar-refractivity contribution < 1.29 is 24.5 Å². The highest BCUT2D eigenvalue weighted by Crippen LogP contribution is 2.74. The second kappa shape index (κ2) is 5.11. The van der Waals surface area contributed by atoms with E-state index in [1.54, 1.807) is 6.07 Å². The van der Waals surface area contributed by atoms with Crippen molar-refractivity contribution in [2.45, 2.75) is 67.9 Å². The zero-order chi connectivity index (χ0) is 19.2. The molecule has 2 spiro atoms. The number of phenolic OH excluding ortho intramolecular Hbond substituents is 1. The number of ketones is 1. The summed E-state index contributed by atoms with van der Waals surface area (Å²) in [4.78, 5) is 26.5. The fourth-order valence-electron chi connectivity index (χ4n) is 6.86. The van der Waals surface area contributed by atoms with Crippen LogP contribution in [0.15, 0.2) is 12.1 Å². The minimum absolute atomic E-state index is 0.0292. The molecule has 2 bridgehead atoms. The molecule has 4 atom stereocenters. The number of carbonyl (C=O) groups is 2. The Balaban J connectivity index is 1.68. The molecule has 2 N–H and O–H groups in total. The third kappa shape index (κ3) is 1.79. The molecule has 1 aliphatic heterocycles. The molecule has 0 amide bonds.